The molecule has 0 saturated heterocycles. The third-order valence-electron chi connectivity index (χ3n) is 3.45. The lowest BCUT2D eigenvalue weighted by atomic mass is 10.1. The highest BCUT2D eigenvalue weighted by atomic mass is 32.2. The van der Waals surface area contributed by atoms with E-state index in [1.165, 1.54) is 23.1 Å². The Kier molecular flexibility index (Phi) is 7.42. The molecular weight excluding hydrogens is 368 g/mol. The van der Waals surface area contributed by atoms with Crippen molar-refractivity contribution in [1.29, 1.82) is 5.26 Å². The quantitative estimate of drug-likeness (QED) is 0.530. The number of hydrogen-bond acceptors (Lipinski definition) is 8. The summed E-state index contributed by atoms with van der Waals surface area (Å²) in [5.74, 6) is 0.0854. The van der Waals surface area contributed by atoms with Gasteiger partial charge in [-0.1, -0.05) is 30.0 Å². The summed E-state index contributed by atoms with van der Waals surface area (Å²) in [6, 6.07) is 4.10. The molecule has 0 amide bonds. The van der Waals surface area contributed by atoms with Crippen molar-refractivity contribution < 1.29 is 9.53 Å². The van der Waals surface area contributed by atoms with E-state index in [4.69, 9.17) is 4.74 Å². The van der Waals surface area contributed by atoms with Gasteiger partial charge in [-0.2, -0.15) is 5.26 Å². The van der Waals surface area contributed by atoms with Crippen LogP contribution in [0.4, 0.5) is 5.13 Å². The van der Waals surface area contributed by atoms with E-state index in [2.05, 4.69) is 28.3 Å². The number of ether oxygens (including phenoxy) is 1. The van der Waals surface area contributed by atoms with Gasteiger partial charge in [-0.05, 0) is 38.8 Å². The molecule has 2 aromatic rings. The number of nitrogens with zero attached hydrogens (tertiary/aromatic N) is 3. The van der Waals surface area contributed by atoms with Gasteiger partial charge < -0.3 is 10.1 Å². The SMILES string of the molecule is CCCNc1nc(CSc2nc(C)cc(C)c2C#N)c(C(=O)OCC)s1. The Hall–Kier alpha value is -2.11. The Balaban J connectivity index is 2.27. The van der Waals surface area contributed by atoms with Crippen LogP contribution in [0.15, 0.2) is 11.1 Å². The first-order valence-electron chi connectivity index (χ1n) is 8.41. The molecule has 0 unspecified atom stereocenters. The monoisotopic (exact) mass is 390 g/mol. The molecule has 0 fully saturated rings. The first-order chi connectivity index (χ1) is 12.5. The summed E-state index contributed by atoms with van der Waals surface area (Å²) < 4.78 is 5.15. The van der Waals surface area contributed by atoms with Gasteiger partial charge in [0.1, 0.15) is 16.0 Å². The van der Waals surface area contributed by atoms with Crippen molar-refractivity contribution in [2.24, 2.45) is 0 Å². The summed E-state index contributed by atoms with van der Waals surface area (Å²) in [6.45, 7) is 8.76. The number of nitrogens with one attached hydrogen (secondary N) is 1. The lowest BCUT2D eigenvalue weighted by Gasteiger charge is -2.07. The Labute approximate surface area is 162 Å². The first kappa shape index (κ1) is 20.2. The fraction of sp³-hybridized carbons (Fsp3) is 0.444. The molecular formula is C18H22N4O2S2. The molecule has 2 heterocycles. The van der Waals surface area contributed by atoms with Gasteiger partial charge in [0, 0.05) is 18.0 Å². The van der Waals surface area contributed by atoms with E-state index in [0.29, 0.717) is 38.7 Å². The van der Waals surface area contributed by atoms with E-state index in [9.17, 15) is 10.1 Å². The summed E-state index contributed by atoms with van der Waals surface area (Å²) in [6.07, 6.45) is 0.969. The number of aryl methyl sites for hydroxylation is 2. The molecule has 1 N–H and O–H groups in total. The van der Waals surface area contributed by atoms with Gasteiger partial charge in [-0.25, -0.2) is 14.8 Å². The van der Waals surface area contributed by atoms with Gasteiger partial charge in [0.15, 0.2) is 5.13 Å². The van der Waals surface area contributed by atoms with Crippen LogP contribution in [0.25, 0.3) is 0 Å². The lowest BCUT2D eigenvalue weighted by molar-refractivity contribution is 0.0531. The molecule has 26 heavy (non-hydrogen) atoms. The van der Waals surface area contributed by atoms with Crippen LogP contribution in [0.3, 0.4) is 0 Å². The van der Waals surface area contributed by atoms with E-state index >= 15 is 0 Å². The topological polar surface area (TPSA) is 87.9 Å². The molecule has 8 heteroatoms. The summed E-state index contributed by atoms with van der Waals surface area (Å²) >= 11 is 2.72. The molecule has 0 aromatic carbocycles. The van der Waals surface area contributed by atoms with Gasteiger partial charge in [0.05, 0.1) is 17.9 Å². The van der Waals surface area contributed by atoms with E-state index in [1.807, 2.05) is 19.9 Å². The summed E-state index contributed by atoms with van der Waals surface area (Å²) in [7, 11) is 0. The maximum absolute atomic E-state index is 12.2. The standard InChI is InChI=1S/C18H22N4O2S2/c1-5-7-20-18-22-14(15(26-18)17(23)24-6-2)10-25-16-13(9-19)11(3)8-12(4)21-16/h8H,5-7,10H2,1-4H3,(H,20,22). The van der Waals surface area contributed by atoms with Gasteiger partial charge >= 0.3 is 5.97 Å². The van der Waals surface area contributed by atoms with E-state index in [1.54, 1.807) is 6.92 Å². The Bertz CT molecular complexity index is 827. The van der Waals surface area contributed by atoms with Crippen LogP contribution in [0.1, 0.15) is 52.5 Å². The van der Waals surface area contributed by atoms with Crippen LogP contribution in [0, 0.1) is 25.2 Å². The smallest absolute Gasteiger partial charge is 0.350 e. The van der Waals surface area contributed by atoms with Gasteiger partial charge in [-0.3, -0.25) is 0 Å². The molecule has 2 rings (SSSR count). The van der Waals surface area contributed by atoms with Crippen molar-refractivity contribution in [3.63, 3.8) is 0 Å². The molecule has 2 aromatic heterocycles. The average Bonchev–Trinajstić information content (AvgIpc) is 3.01. The second kappa shape index (κ2) is 9.55. The van der Waals surface area contributed by atoms with Crippen molar-refractivity contribution in [3.05, 3.63) is 33.5 Å². The number of hydrogen-bond donors (Lipinski definition) is 1. The number of thiazole rings is 1. The molecule has 0 saturated carbocycles. The maximum atomic E-state index is 12.2. The number of pyridine rings is 1. The second-order valence-corrected chi connectivity index (χ2v) is 7.57. The fourth-order valence-corrected chi connectivity index (χ4v) is 4.33. The highest BCUT2D eigenvalue weighted by molar-refractivity contribution is 7.98. The average molecular weight is 391 g/mol. The highest BCUT2D eigenvalue weighted by Crippen LogP contribution is 2.31. The number of nitriles is 1. The van der Waals surface area contributed by atoms with Crippen LogP contribution < -0.4 is 5.32 Å². The van der Waals surface area contributed by atoms with Crippen molar-refractivity contribution in [3.8, 4) is 6.07 Å². The predicted molar refractivity (Wildman–Crippen MR) is 105 cm³/mol. The number of rotatable bonds is 8. The van der Waals surface area contributed by atoms with Crippen LogP contribution in [0.2, 0.25) is 0 Å². The number of anilines is 1. The number of esters is 1. The third-order valence-corrected chi connectivity index (χ3v) is 5.48. The minimum atomic E-state index is -0.362. The number of aromatic nitrogens is 2. The molecule has 0 atom stereocenters. The van der Waals surface area contributed by atoms with Crippen LogP contribution in [-0.4, -0.2) is 29.1 Å². The molecule has 0 aliphatic heterocycles. The largest absolute Gasteiger partial charge is 0.462 e. The van der Waals surface area contributed by atoms with Crippen LogP contribution >= 0.6 is 23.1 Å². The molecule has 138 valence electrons. The summed E-state index contributed by atoms with van der Waals surface area (Å²) in [5, 5.41) is 14.0. The van der Waals surface area contributed by atoms with Gasteiger partial charge in [0.25, 0.3) is 0 Å². The fourth-order valence-electron chi connectivity index (χ4n) is 2.29. The third kappa shape index (κ3) is 4.96. The van der Waals surface area contributed by atoms with Crippen molar-refractivity contribution in [1.82, 2.24) is 9.97 Å². The molecule has 0 aliphatic rings. The summed E-state index contributed by atoms with van der Waals surface area (Å²) in [4.78, 5) is 21.8. The lowest BCUT2D eigenvalue weighted by Crippen LogP contribution is -2.05. The van der Waals surface area contributed by atoms with Crippen LogP contribution in [0.5, 0.6) is 0 Å². The minimum absolute atomic E-state index is 0.318. The van der Waals surface area contributed by atoms with E-state index in [-0.39, 0.29) is 5.97 Å². The van der Waals surface area contributed by atoms with Crippen molar-refractivity contribution >= 4 is 34.2 Å². The van der Waals surface area contributed by atoms with Crippen molar-refractivity contribution in [2.45, 2.75) is 44.9 Å². The zero-order chi connectivity index (χ0) is 19.1. The molecule has 6 nitrogen and oxygen atoms in total. The van der Waals surface area contributed by atoms with E-state index < -0.39 is 0 Å². The summed E-state index contributed by atoms with van der Waals surface area (Å²) in [5.41, 5.74) is 2.98. The number of carbonyl (C=O) groups is 1. The zero-order valence-corrected chi connectivity index (χ0v) is 17.0. The highest BCUT2D eigenvalue weighted by Gasteiger charge is 2.20. The molecule has 0 aliphatic carbocycles. The number of thioether (sulfide) groups is 1. The molecule has 0 bridgehead atoms. The maximum Gasteiger partial charge on any atom is 0.350 e. The van der Waals surface area contributed by atoms with Gasteiger partial charge in [-0.15, -0.1) is 0 Å². The zero-order valence-electron chi connectivity index (χ0n) is 15.4. The second-order valence-electron chi connectivity index (χ2n) is 5.60. The minimum Gasteiger partial charge on any atom is -0.462 e. The van der Waals surface area contributed by atoms with Crippen molar-refractivity contribution in [2.75, 3.05) is 18.5 Å². The number of carbonyl (C=O) groups excluding carboxylic acids is 1. The molecule has 0 spiro atoms. The Morgan fingerprint density at radius 1 is 1.38 bits per heavy atom. The van der Waals surface area contributed by atoms with E-state index in [0.717, 1.165) is 24.2 Å². The normalized spacial score (nSPS) is 10.4. The predicted octanol–water partition coefficient (Wildman–Crippen LogP) is 4.32. The Morgan fingerprint density at radius 2 is 2.15 bits per heavy atom. The van der Waals surface area contributed by atoms with Gasteiger partial charge in [0.2, 0.25) is 0 Å². The van der Waals surface area contributed by atoms with Crippen LogP contribution in [-0.2, 0) is 10.5 Å². The molecule has 0 radical (unpaired) electrons. The first-order valence-corrected chi connectivity index (χ1v) is 10.2. The Morgan fingerprint density at radius 3 is 2.81 bits per heavy atom.